The summed E-state index contributed by atoms with van der Waals surface area (Å²) in [5, 5.41) is 3.59. The van der Waals surface area contributed by atoms with Crippen molar-refractivity contribution < 1.29 is 9.47 Å². The van der Waals surface area contributed by atoms with Crippen LogP contribution in [0.1, 0.15) is 37.8 Å². The molecule has 0 spiro atoms. The Balaban J connectivity index is 2.17. The summed E-state index contributed by atoms with van der Waals surface area (Å²) in [6.07, 6.45) is 3.78. The van der Waals surface area contributed by atoms with E-state index in [1.807, 2.05) is 6.07 Å². The van der Waals surface area contributed by atoms with Crippen molar-refractivity contribution in [3.63, 3.8) is 0 Å². The first-order chi connectivity index (χ1) is 8.78. The lowest BCUT2D eigenvalue weighted by atomic mass is 9.87. The topological polar surface area (TPSA) is 30.5 Å². The Bertz CT molecular complexity index is 392. The Labute approximate surface area is 109 Å². The molecule has 1 N–H and O–H groups in total. The van der Waals surface area contributed by atoms with Gasteiger partial charge >= 0.3 is 0 Å². The van der Waals surface area contributed by atoms with Gasteiger partial charge in [-0.05, 0) is 43.0 Å². The van der Waals surface area contributed by atoms with Crippen molar-refractivity contribution in [2.24, 2.45) is 5.92 Å². The van der Waals surface area contributed by atoms with E-state index in [0.717, 1.165) is 24.0 Å². The predicted molar refractivity (Wildman–Crippen MR) is 73.3 cm³/mol. The maximum absolute atomic E-state index is 5.37. The van der Waals surface area contributed by atoms with Crippen LogP contribution in [-0.2, 0) is 0 Å². The van der Waals surface area contributed by atoms with Crippen LogP contribution < -0.4 is 14.8 Å². The number of benzene rings is 1. The van der Waals surface area contributed by atoms with E-state index in [-0.39, 0.29) is 0 Å². The number of piperidine rings is 1. The molecule has 1 fully saturated rings. The van der Waals surface area contributed by atoms with Gasteiger partial charge in [-0.2, -0.15) is 0 Å². The van der Waals surface area contributed by atoms with Gasteiger partial charge in [0.15, 0.2) is 11.5 Å². The van der Waals surface area contributed by atoms with Crippen LogP contribution in [0, 0.1) is 5.92 Å². The monoisotopic (exact) mass is 249 g/mol. The molecule has 1 aromatic rings. The Morgan fingerprint density at radius 1 is 1.22 bits per heavy atom. The van der Waals surface area contributed by atoms with E-state index in [2.05, 4.69) is 24.4 Å². The average molecular weight is 249 g/mol. The minimum atomic E-state index is 0.448. The molecule has 1 heterocycles. The molecule has 0 aromatic heterocycles. The van der Waals surface area contributed by atoms with Crippen LogP contribution in [0.5, 0.6) is 11.5 Å². The summed E-state index contributed by atoms with van der Waals surface area (Å²) in [5.74, 6) is 2.45. The minimum Gasteiger partial charge on any atom is -0.493 e. The highest BCUT2D eigenvalue weighted by atomic mass is 16.5. The van der Waals surface area contributed by atoms with Gasteiger partial charge in [0.2, 0.25) is 0 Å². The molecule has 1 aliphatic rings. The van der Waals surface area contributed by atoms with E-state index in [9.17, 15) is 0 Å². The van der Waals surface area contributed by atoms with Gasteiger partial charge in [-0.1, -0.05) is 19.4 Å². The number of ether oxygens (including phenoxy) is 2. The van der Waals surface area contributed by atoms with Crippen LogP contribution in [0.2, 0.25) is 0 Å². The van der Waals surface area contributed by atoms with E-state index >= 15 is 0 Å². The van der Waals surface area contributed by atoms with Crippen molar-refractivity contribution >= 4 is 0 Å². The number of hydrogen-bond donors (Lipinski definition) is 1. The standard InChI is InChI=1S/C15H23NO2/c1-4-11-7-8-16-13(9-11)12-5-6-14(17-2)15(10-12)18-3/h5-6,10-11,13,16H,4,7-9H2,1-3H3. The van der Waals surface area contributed by atoms with Gasteiger partial charge in [-0.25, -0.2) is 0 Å². The molecule has 2 rings (SSSR count). The molecule has 2 unspecified atom stereocenters. The van der Waals surface area contributed by atoms with Crippen LogP contribution in [0.3, 0.4) is 0 Å². The molecule has 0 saturated carbocycles. The predicted octanol–water partition coefficient (Wildman–Crippen LogP) is 3.15. The van der Waals surface area contributed by atoms with Crippen molar-refractivity contribution in [3.8, 4) is 11.5 Å². The first kappa shape index (κ1) is 13.2. The summed E-state index contributed by atoms with van der Waals surface area (Å²) >= 11 is 0. The lowest BCUT2D eigenvalue weighted by Gasteiger charge is -2.30. The summed E-state index contributed by atoms with van der Waals surface area (Å²) in [6.45, 7) is 3.39. The first-order valence-electron chi connectivity index (χ1n) is 6.73. The fourth-order valence-electron chi connectivity index (χ4n) is 2.69. The van der Waals surface area contributed by atoms with Gasteiger partial charge in [-0.15, -0.1) is 0 Å². The molecule has 100 valence electrons. The molecule has 0 amide bonds. The van der Waals surface area contributed by atoms with Crippen LogP contribution in [0.15, 0.2) is 18.2 Å². The summed E-state index contributed by atoms with van der Waals surface area (Å²) in [7, 11) is 3.36. The van der Waals surface area contributed by atoms with E-state index in [1.165, 1.54) is 24.8 Å². The van der Waals surface area contributed by atoms with Gasteiger partial charge < -0.3 is 14.8 Å². The third-order valence-corrected chi connectivity index (χ3v) is 3.90. The van der Waals surface area contributed by atoms with Gasteiger partial charge in [0.05, 0.1) is 14.2 Å². The molecule has 1 aliphatic heterocycles. The Kier molecular flexibility index (Phi) is 4.48. The highest BCUT2D eigenvalue weighted by Crippen LogP contribution is 2.34. The molecule has 2 atom stereocenters. The van der Waals surface area contributed by atoms with Crippen LogP contribution in [-0.4, -0.2) is 20.8 Å². The molecule has 0 bridgehead atoms. The summed E-state index contributed by atoms with van der Waals surface area (Å²) in [6, 6.07) is 6.67. The minimum absolute atomic E-state index is 0.448. The molecule has 0 aliphatic carbocycles. The molecular weight excluding hydrogens is 226 g/mol. The largest absolute Gasteiger partial charge is 0.493 e. The fraction of sp³-hybridized carbons (Fsp3) is 0.600. The van der Waals surface area contributed by atoms with E-state index in [4.69, 9.17) is 9.47 Å². The van der Waals surface area contributed by atoms with Gasteiger partial charge in [0, 0.05) is 6.04 Å². The van der Waals surface area contributed by atoms with Crippen LogP contribution in [0.25, 0.3) is 0 Å². The molecule has 1 saturated heterocycles. The van der Waals surface area contributed by atoms with Crippen molar-refractivity contribution in [1.82, 2.24) is 5.32 Å². The summed E-state index contributed by atoms with van der Waals surface area (Å²) < 4.78 is 10.6. The van der Waals surface area contributed by atoms with E-state index in [0.29, 0.717) is 6.04 Å². The van der Waals surface area contributed by atoms with Gasteiger partial charge in [0.1, 0.15) is 0 Å². The summed E-state index contributed by atoms with van der Waals surface area (Å²) in [4.78, 5) is 0. The second-order valence-corrected chi connectivity index (χ2v) is 4.92. The van der Waals surface area contributed by atoms with Crippen molar-refractivity contribution in [2.45, 2.75) is 32.2 Å². The normalized spacial score (nSPS) is 23.7. The quantitative estimate of drug-likeness (QED) is 0.889. The smallest absolute Gasteiger partial charge is 0.161 e. The number of nitrogens with one attached hydrogen (secondary N) is 1. The zero-order valence-corrected chi connectivity index (χ0v) is 11.5. The Morgan fingerprint density at radius 2 is 2.00 bits per heavy atom. The molecule has 3 nitrogen and oxygen atoms in total. The average Bonchev–Trinajstić information content (AvgIpc) is 2.46. The van der Waals surface area contributed by atoms with E-state index in [1.54, 1.807) is 14.2 Å². The van der Waals surface area contributed by atoms with E-state index < -0.39 is 0 Å². The maximum atomic E-state index is 5.37. The highest BCUT2D eigenvalue weighted by molar-refractivity contribution is 5.43. The summed E-state index contributed by atoms with van der Waals surface area (Å²) in [5.41, 5.74) is 1.30. The molecule has 1 aromatic carbocycles. The Morgan fingerprint density at radius 3 is 2.67 bits per heavy atom. The van der Waals surface area contributed by atoms with Crippen molar-refractivity contribution in [1.29, 1.82) is 0 Å². The van der Waals surface area contributed by atoms with Gasteiger partial charge in [-0.3, -0.25) is 0 Å². The zero-order chi connectivity index (χ0) is 13.0. The third-order valence-electron chi connectivity index (χ3n) is 3.90. The fourth-order valence-corrected chi connectivity index (χ4v) is 2.69. The zero-order valence-electron chi connectivity index (χ0n) is 11.5. The lowest BCUT2D eigenvalue weighted by molar-refractivity contribution is 0.297. The van der Waals surface area contributed by atoms with Crippen molar-refractivity contribution in [3.05, 3.63) is 23.8 Å². The lowest BCUT2D eigenvalue weighted by Crippen LogP contribution is -2.31. The van der Waals surface area contributed by atoms with Crippen LogP contribution >= 0.6 is 0 Å². The number of methoxy groups -OCH3 is 2. The van der Waals surface area contributed by atoms with Crippen molar-refractivity contribution in [2.75, 3.05) is 20.8 Å². The van der Waals surface area contributed by atoms with Gasteiger partial charge in [0.25, 0.3) is 0 Å². The number of rotatable bonds is 4. The first-order valence-corrected chi connectivity index (χ1v) is 6.73. The maximum Gasteiger partial charge on any atom is 0.161 e. The molecule has 3 heteroatoms. The molecule has 18 heavy (non-hydrogen) atoms. The molecule has 0 radical (unpaired) electrons. The SMILES string of the molecule is CCC1CCNC(c2ccc(OC)c(OC)c2)C1. The number of hydrogen-bond acceptors (Lipinski definition) is 3. The Hall–Kier alpha value is -1.22. The third kappa shape index (κ3) is 2.78. The second kappa shape index (κ2) is 6.10. The molecular formula is C15H23NO2. The highest BCUT2D eigenvalue weighted by Gasteiger charge is 2.22. The second-order valence-electron chi connectivity index (χ2n) is 4.92. The van der Waals surface area contributed by atoms with Crippen LogP contribution in [0.4, 0.5) is 0 Å².